The van der Waals surface area contributed by atoms with Crippen molar-refractivity contribution in [3.8, 4) is 11.1 Å². The Balaban J connectivity index is 1.89. The van der Waals surface area contributed by atoms with E-state index in [0.29, 0.717) is 5.75 Å². The van der Waals surface area contributed by atoms with Crippen LogP contribution in [0.15, 0.2) is 54.6 Å². The number of benzene rings is 2. The molecule has 0 saturated carbocycles. The zero-order valence-corrected chi connectivity index (χ0v) is 11.5. The maximum absolute atomic E-state index is 11.4. The summed E-state index contributed by atoms with van der Waals surface area (Å²) in [5.41, 5.74) is 3.55. The Morgan fingerprint density at radius 2 is 1.63 bits per heavy atom. The van der Waals surface area contributed by atoms with E-state index < -0.39 is 0 Å². The summed E-state index contributed by atoms with van der Waals surface area (Å²) in [5, 5.41) is 3.03. The molecule has 0 aliphatic carbocycles. The Hall–Kier alpha value is -1.74. The molecule has 0 radical (unpaired) electrons. The van der Waals surface area contributed by atoms with E-state index in [1.165, 1.54) is 11.1 Å². The molecule has 2 aromatic rings. The summed E-state index contributed by atoms with van der Waals surface area (Å²) in [6.07, 6.45) is 0. The molecule has 96 valence electrons. The summed E-state index contributed by atoms with van der Waals surface area (Å²) in [6, 6.07) is 18.7. The number of nitrogens with one attached hydrogen (secondary N) is 1. The monoisotopic (exact) mass is 269 g/mol. The Labute approximate surface area is 117 Å². The van der Waals surface area contributed by atoms with Crippen molar-refractivity contribution in [2.24, 2.45) is 0 Å². The molecule has 1 amide bonds. The van der Waals surface area contributed by atoms with Gasteiger partial charge < -0.3 is 5.32 Å². The first kappa shape index (κ1) is 12.3. The van der Waals surface area contributed by atoms with Gasteiger partial charge >= 0.3 is 0 Å². The first-order chi connectivity index (χ1) is 9.17. The summed E-state index contributed by atoms with van der Waals surface area (Å²) < 4.78 is 0. The second-order valence-corrected chi connectivity index (χ2v) is 6.21. The lowest BCUT2D eigenvalue weighted by Crippen LogP contribution is -2.33. The van der Waals surface area contributed by atoms with Crippen LogP contribution in [0, 0.1) is 0 Å². The largest absolute Gasteiger partial charge is 0.337 e. The fourth-order valence-corrected chi connectivity index (χ4v) is 3.30. The summed E-state index contributed by atoms with van der Waals surface area (Å²) >= 11 is 1.65. The van der Waals surface area contributed by atoms with Gasteiger partial charge in [-0.2, -0.15) is 0 Å². The molecule has 1 aliphatic heterocycles. The number of hydrogen-bond donors (Lipinski definition) is 1. The summed E-state index contributed by atoms with van der Waals surface area (Å²) in [6.45, 7) is 2.06. The predicted octanol–water partition coefficient (Wildman–Crippen LogP) is 3.39. The average molecular weight is 269 g/mol. The second-order valence-electron chi connectivity index (χ2n) is 4.81. The minimum Gasteiger partial charge on any atom is -0.337 e. The molecule has 2 aromatic carbocycles. The lowest BCUT2D eigenvalue weighted by Gasteiger charge is -2.23. The van der Waals surface area contributed by atoms with E-state index >= 15 is 0 Å². The maximum atomic E-state index is 11.4. The number of rotatable bonds is 2. The molecule has 0 spiro atoms. The molecule has 1 fully saturated rings. The van der Waals surface area contributed by atoms with Crippen LogP contribution in [0.1, 0.15) is 12.5 Å². The van der Waals surface area contributed by atoms with Crippen molar-refractivity contribution in [1.82, 2.24) is 5.32 Å². The van der Waals surface area contributed by atoms with Crippen molar-refractivity contribution in [2.45, 2.75) is 11.8 Å². The van der Waals surface area contributed by atoms with Crippen LogP contribution in [0.4, 0.5) is 0 Å². The van der Waals surface area contributed by atoms with Crippen LogP contribution < -0.4 is 5.32 Å². The molecule has 3 rings (SSSR count). The lowest BCUT2D eigenvalue weighted by molar-refractivity contribution is -0.118. The van der Waals surface area contributed by atoms with Crippen LogP contribution in [0.2, 0.25) is 0 Å². The van der Waals surface area contributed by atoms with Gasteiger partial charge in [0.2, 0.25) is 5.91 Å². The van der Waals surface area contributed by atoms with E-state index in [2.05, 4.69) is 48.6 Å². The van der Waals surface area contributed by atoms with Crippen LogP contribution in [-0.2, 0) is 9.67 Å². The van der Waals surface area contributed by atoms with Gasteiger partial charge in [0.25, 0.3) is 0 Å². The molecule has 0 aromatic heterocycles. The van der Waals surface area contributed by atoms with Gasteiger partial charge in [0.15, 0.2) is 0 Å². The topological polar surface area (TPSA) is 29.1 Å². The van der Waals surface area contributed by atoms with Gasteiger partial charge in [-0.25, -0.2) is 0 Å². The van der Waals surface area contributed by atoms with Gasteiger partial charge in [0.05, 0.1) is 5.75 Å². The molecule has 1 heterocycles. The molecule has 1 unspecified atom stereocenters. The van der Waals surface area contributed by atoms with Crippen molar-refractivity contribution in [3.05, 3.63) is 60.2 Å². The summed E-state index contributed by atoms with van der Waals surface area (Å²) in [7, 11) is 0. The summed E-state index contributed by atoms with van der Waals surface area (Å²) in [5.74, 6) is 0.649. The third-order valence-electron chi connectivity index (χ3n) is 3.41. The van der Waals surface area contributed by atoms with E-state index in [4.69, 9.17) is 0 Å². The first-order valence-electron chi connectivity index (χ1n) is 6.28. The summed E-state index contributed by atoms with van der Waals surface area (Å²) in [4.78, 5) is 11.1. The lowest BCUT2D eigenvalue weighted by atomic mass is 10.0. The maximum Gasteiger partial charge on any atom is 0.231 e. The fraction of sp³-hybridized carbons (Fsp3) is 0.188. The minimum atomic E-state index is -0.285. The zero-order chi connectivity index (χ0) is 13.3. The standard InChI is InChI=1S/C16H15NOS/c1-16(17-15(18)11-19-16)14-9-7-13(8-10-14)12-5-3-2-4-6-12/h2-10H,11H2,1H3,(H,17,18). The molecule has 2 nitrogen and oxygen atoms in total. The van der Waals surface area contributed by atoms with Crippen molar-refractivity contribution in [2.75, 3.05) is 5.75 Å². The van der Waals surface area contributed by atoms with Crippen molar-refractivity contribution in [3.63, 3.8) is 0 Å². The van der Waals surface area contributed by atoms with Crippen LogP contribution in [-0.4, -0.2) is 11.7 Å². The van der Waals surface area contributed by atoms with Gasteiger partial charge in [0, 0.05) is 0 Å². The highest BCUT2D eigenvalue weighted by Crippen LogP contribution is 2.37. The smallest absolute Gasteiger partial charge is 0.231 e. The van der Waals surface area contributed by atoms with Crippen LogP contribution in [0.25, 0.3) is 11.1 Å². The normalized spacial score (nSPS) is 22.3. The van der Waals surface area contributed by atoms with E-state index in [1.807, 2.05) is 18.2 Å². The Morgan fingerprint density at radius 1 is 1.00 bits per heavy atom. The van der Waals surface area contributed by atoms with Gasteiger partial charge in [-0.3, -0.25) is 4.79 Å². The predicted molar refractivity (Wildman–Crippen MR) is 79.8 cm³/mol. The third kappa shape index (κ3) is 2.38. The van der Waals surface area contributed by atoms with E-state index in [0.717, 1.165) is 5.56 Å². The molecule has 1 saturated heterocycles. The molecule has 1 atom stereocenters. The Bertz CT molecular complexity index is 594. The van der Waals surface area contributed by atoms with E-state index in [9.17, 15) is 4.79 Å². The van der Waals surface area contributed by atoms with E-state index in [-0.39, 0.29) is 10.8 Å². The van der Waals surface area contributed by atoms with Crippen LogP contribution in [0.3, 0.4) is 0 Å². The molecule has 19 heavy (non-hydrogen) atoms. The molecular weight excluding hydrogens is 254 g/mol. The highest BCUT2D eigenvalue weighted by atomic mass is 32.2. The Kier molecular flexibility index (Phi) is 3.07. The van der Waals surface area contributed by atoms with Crippen molar-refractivity contribution in [1.29, 1.82) is 0 Å². The van der Waals surface area contributed by atoms with Gasteiger partial charge in [-0.05, 0) is 23.6 Å². The van der Waals surface area contributed by atoms with Gasteiger partial charge in [-0.1, -0.05) is 54.6 Å². The average Bonchev–Trinajstić information content (AvgIpc) is 2.81. The van der Waals surface area contributed by atoms with Crippen molar-refractivity contribution >= 4 is 17.7 Å². The first-order valence-corrected chi connectivity index (χ1v) is 7.27. The second kappa shape index (κ2) is 4.74. The molecular formula is C16H15NOS. The van der Waals surface area contributed by atoms with Crippen LogP contribution >= 0.6 is 11.8 Å². The SMILES string of the molecule is CC1(c2ccc(-c3ccccc3)cc2)NC(=O)CS1. The molecule has 0 bridgehead atoms. The number of amides is 1. The number of hydrogen-bond acceptors (Lipinski definition) is 2. The van der Waals surface area contributed by atoms with Crippen molar-refractivity contribution < 1.29 is 4.79 Å². The molecule has 1 N–H and O–H groups in total. The highest BCUT2D eigenvalue weighted by Gasteiger charge is 2.35. The Morgan fingerprint density at radius 3 is 2.21 bits per heavy atom. The van der Waals surface area contributed by atoms with Gasteiger partial charge in [-0.15, -0.1) is 11.8 Å². The molecule has 3 heteroatoms. The fourth-order valence-electron chi connectivity index (χ4n) is 2.31. The molecule has 1 aliphatic rings. The zero-order valence-electron chi connectivity index (χ0n) is 10.7. The van der Waals surface area contributed by atoms with Gasteiger partial charge in [0.1, 0.15) is 4.87 Å². The minimum absolute atomic E-state index is 0.111. The van der Waals surface area contributed by atoms with Crippen LogP contribution in [0.5, 0.6) is 0 Å². The quantitative estimate of drug-likeness (QED) is 0.905. The number of carbonyl (C=O) groups excluding carboxylic acids is 1. The number of carbonyl (C=O) groups is 1. The number of thioether (sulfide) groups is 1. The van der Waals surface area contributed by atoms with E-state index in [1.54, 1.807) is 11.8 Å². The highest BCUT2D eigenvalue weighted by molar-refractivity contribution is 8.01. The third-order valence-corrected chi connectivity index (χ3v) is 4.73.